The predicted molar refractivity (Wildman–Crippen MR) is 92.9 cm³/mol. The molecule has 128 valence electrons. The van der Waals surface area contributed by atoms with E-state index in [4.69, 9.17) is 14.2 Å². The summed E-state index contributed by atoms with van der Waals surface area (Å²) in [4.78, 5) is 11.3. The molecule has 0 unspecified atom stereocenters. The summed E-state index contributed by atoms with van der Waals surface area (Å²) in [6.45, 7) is 0.898. The van der Waals surface area contributed by atoms with Crippen LogP contribution in [0.4, 0.5) is 4.79 Å². The predicted octanol–water partition coefficient (Wildman–Crippen LogP) is 3.87. The van der Waals surface area contributed by atoms with E-state index in [1.807, 2.05) is 48.5 Å². The number of carbonyl (C=O) groups is 1. The third-order valence-corrected chi connectivity index (χ3v) is 3.76. The first-order valence-corrected chi connectivity index (χ1v) is 7.54. The van der Waals surface area contributed by atoms with E-state index in [1.165, 1.54) is 0 Å². The Kier molecular flexibility index (Phi) is 6.32. The van der Waals surface area contributed by atoms with Crippen molar-refractivity contribution in [2.45, 2.75) is 19.1 Å². The molecule has 1 N–H and O–H groups in total. The normalized spacial score (nSPS) is 16.4. The van der Waals surface area contributed by atoms with Crippen LogP contribution in [0.15, 0.2) is 48.5 Å². The second kappa shape index (κ2) is 8.45. The Morgan fingerprint density at radius 1 is 1.17 bits per heavy atom. The number of benzene rings is 2. The Bertz CT molecular complexity index is 678. The quantitative estimate of drug-likeness (QED) is 0.890. The maximum Gasteiger partial charge on any atom is 0.407 e. The van der Waals surface area contributed by atoms with Gasteiger partial charge in [0.15, 0.2) is 11.5 Å². The number of ether oxygens (including phenoxy) is 3. The molecule has 5 nitrogen and oxygen atoms in total. The lowest BCUT2D eigenvalue weighted by Crippen LogP contribution is -2.35. The summed E-state index contributed by atoms with van der Waals surface area (Å²) in [5.74, 6) is 1.33. The Morgan fingerprint density at radius 2 is 1.96 bits per heavy atom. The van der Waals surface area contributed by atoms with Gasteiger partial charge in [-0.1, -0.05) is 36.4 Å². The molecule has 1 atom stereocenters. The van der Waals surface area contributed by atoms with Gasteiger partial charge in [0.1, 0.15) is 6.61 Å². The van der Waals surface area contributed by atoms with Crippen molar-refractivity contribution in [3.8, 4) is 11.5 Å². The van der Waals surface area contributed by atoms with Gasteiger partial charge in [0.2, 0.25) is 0 Å². The zero-order chi connectivity index (χ0) is 16.1. The molecule has 3 rings (SSSR count). The highest BCUT2D eigenvalue weighted by Gasteiger charge is 2.21. The first-order chi connectivity index (χ1) is 11.3. The molecule has 6 heteroatoms. The summed E-state index contributed by atoms with van der Waals surface area (Å²) in [6, 6.07) is 15.6. The number of carbonyl (C=O) groups excluding carboxylic acids is 1. The van der Waals surface area contributed by atoms with Crippen LogP contribution in [0.5, 0.6) is 11.5 Å². The molecule has 2 aromatic carbocycles. The lowest BCUT2D eigenvalue weighted by Gasteiger charge is -2.24. The van der Waals surface area contributed by atoms with Crippen molar-refractivity contribution < 1.29 is 19.0 Å². The van der Waals surface area contributed by atoms with Crippen LogP contribution in [0.2, 0.25) is 0 Å². The Balaban J connectivity index is 0.00000208. The highest BCUT2D eigenvalue weighted by molar-refractivity contribution is 5.85. The fourth-order valence-corrected chi connectivity index (χ4v) is 2.53. The number of nitrogens with one attached hydrogen (secondary N) is 1. The lowest BCUT2D eigenvalue weighted by molar-refractivity contribution is 0.115. The van der Waals surface area contributed by atoms with Crippen LogP contribution < -0.4 is 14.8 Å². The molecule has 0 aromatic heterocycles. The molecule has 0 saturated carbocycles. The van der Waals surface area contributed by atoms with Gasteiger partial charge in [-0.25, -0.2) is 4.79 Å². The highest BCUT2D eigenvalue weighted by atomic mass is 35.5. The van der Waals surface area contributed by atoms with Gasteiger partial charge in [0.25, 0.3) is 0 Å². The number of alkyl carbamates (subject to hydrolysis) is 1. The fourth-order valence-electron chi connectivity index (χ4n) is 2.53. The maximum absolute atomic E-state index is 11.3. The molecule has 1 aliphatic heterocycles. The van der Waals surface area contributed by atoms with Crippen molar-refractivity contribution in [1.29, 1.82) is 0 Å². The van der Waals surface area contributed by atoms with E-state index < -0.39 is 0 Å². The molecular weight excluding hydrogens is 330 g/mol. The number of methoxy groups -OCH3 is 1. The second-order valence-corrected chi connectivity index (χ2v) is 5.31. The molecular formula is C18H20ClNO4. The van der Waals surface area contributed by atoms with Gasteiger partial charge in [-0.2, -0.15) is 0 Å². The third-order valence-electron chi connectivity index (χ3n) is 3.76. The molecule has 0 spiro atoms. The first-order valence-electron chi connectivity index (χ1n) is 7.54. The monoisotopic (exact) mass is 349 g/mol. The summed E-state index contributed by atoms with van der Waals surface area (Å²) in [5.41, 5.74) is 2.07. The molecule has 1 heterocycles. The van der Waals surface area contributed by atoms with Crippen molar-refractivity contribution in [3.05, 3.63) is 59.7 Å². The van der Waals surface area contributed by atoms with Crippen molar-refractivity contribution in [2.75, 3.05) is 13.7 Å². The lowest BCUT2D eigenvalue weighted by atomic mass is 10.0. The number of cyclic esters (lactones) is 1. The van der Waals surface area contributed by atoms with E-state index >= 15 is 0 Å². The van der Waals surface area contributed by atoms with Crippen LogP contribution in [-0.2, 0) is 11.3 Å². The maximum atomic E-state index is 11.3. The van der Waals surface area contributed by atoms with Gasteiger partial charge in [0.05, 0.1) is 19.8 Å². The van der Waals surface area contributed by atoms with Gasteiger partial charge in [0, 0.05) is 6.42 Å². The first kappa shape index (κ1) is 17.9. The van der Waals surface area contributed by atoms with E-state index in [-0.39, 0.29) is 24.5 Å². The zero-order valence-corrected chi connectivity index (χ0v) is 14.2. The molecule has 2 aromatic rings. The van der Waals surface area contributed by atoms with Crippen molar-refractivity contribution in [2.24, 2.45) is 0 Å². The minimum Gasteiger partial charge on any atom is -0.493 e. The summed E-state index contributed by atoms with van der Waals surface area (Å²) >= 11 is 0. The fraction of sp³-hybridized carbons (Fsp3) is 0.278. The number of hydrogen-bond donors (Lipinski definition) is 1. The summed E-state index contributed by atoms with van der Waals surface area (Å²) < 4.78 is 16.2. The van der Waals surface area contributed by atoms with Crippen LogP contribution >= 0.6 is 12.4 Å². The molecule has 1 amide bonds. The number of halogens is 1. The number of rotatable bonds is 5. The smallest absolute Gasteiger partial charge is 0.407 e. The van der Waals surface area contributed by atoms with E-state index in [0.29, 0.717) is 24.7 Å². The summed E-state index contributed by atoms with van der Waals surface area (Å²) in [6.07, 6.45) is 0.351. The van der Waals surface area contributed by atoms with Gasteiger partial charge in [-0.15, -0.1) is 12.4 Å². The van der Waals surface area contributed by atoms with Gasteiger partial charge in [-0.3, -0.25) is 0 Å². The molecule has 0 bridgehead atoms. The summed E-state index contributed by atoms with van der Waals surface area (Å²) in [5, 5.41) is 2.80. The van der Waals surface area contributed by atoms with Gasteiger partial charge >= 0.3 is 6.09 Å². The van der Waals surface area contributed by atoms with E-state index in [2.05, 4.69) is 5.32 Å². The molecule has 24 heavy (non-hydrogen) atoms. The minimum atomic E-state index is -0.385. The zero-order valence-electron chi connectivity index (χ0n) is 13.4. The van der Waals surface area contributed by atoms with Gasteiger partial charge in [-0.05, 0) is 23.3 Å². The molecule has 1 aliphatic rings. The average molecular weight is 350 g/mol. The highest BCUT2D eigenvalue weighted by Crippen LogP contribution is 2.32. The van der Waals surface area contributed by atoms with E-state index in [9.17, 15) is 4.79 Å². The standard InChI is InChI=1S/C18H19NO4.ClH/c1-21-17-11-14(15-9-10-22-18(20)19-15)7-8-16(17)23-12-13-5-3-2-4-6-13;/h2-8,11,15H,9-10,12H2,1H3,(H,19,20);1H/t15-;/m1./s1. The molecule has 1 fully saturated rings. The Hall–Kier alpha value is -2.40. The van der Waals surface area contributed by atoms with Crippen LogP contribution in [0, 0.1) is 0 Å². The van der Waals surface area contributed by atoms with Gasteiger partial charge < -0.3 is 19.5 Å². The summed E-state index contributed by atoms with van der Waals surface area (Å²) in [7, 11) is 1.61. The number of amides is 1. The molecule has 0 radical (unpaired) electrons. The largest absolute Gasteiger partial charge is 0.493 e. The Labute approximate surface area is 147 Å². The van der Waals surface area contributed by atoms with Crippen LogP contribution in [0.3, 0.4) is 0 Å². The SMILES string of the molecule is COc1cc([C@H]2CCOC(=O)N2)ccc1OCc1ccccc1.Cl. The topological polar surface area (TPSA) is 56.8 Å². The van der Waals surface area contributed by atoms with Crippen molar-refractivity contribution in [3.63, 3.8) is 0 Å². The van der Waals surface area contributed by atoms with Crippen molar-refractivity contribution >= 4 is 18.5 Å². The van der Waals surface area contributed by atoms with E-state index in [1.54, 1.807) is 7.11 Å². The van der Waals surface area contributed by atoms with Crippen LogP contribution in [0.1, 0.15) is 23.6 Å². The van der Waals surface area contributed by atoms with E-state index in [0.717, 1.165) is 17.5 Å². The number of hydrogen-bond acceptors (Lipinski definition) is 4. The molecule has 1 saturated heterocycles. The second-order valence-electron chi connectivity index (χ2n) is 5.31. The average Bonchev–Trinajstić information content (AvgIpc) is 2.60. The molecule has 0 aliphatic carbocycles. The Morgan fingerprint density at radius 3 is 2.67 bits per heavy atom. The minimum absolute atomic E-state index is 0. The van der Waals surface area contributed by atoms with Crippen molar-refractivity contribution in [1.82, 2.24) is 5.32 Å². The third kappa shape index (κ3) is 4.32. The van der Waals surface area contributed by atoms with Crippen LogP contribution in [0.25, 0.3) is 0 Å². The van der Waals surface area contributed by atoms with Crippen LogP contribution in [-0.4, -0.2) is 19.8 Å².